The van der Waals surface area contributed by atoms with Crippen LogP contribution in [0.5, 0.6) is 0 Å². The van der Waals surface area contributed by atoms with Crippen molar-refractivity contribution in [1.82, 2.24) is 4.90 Å². The molecule has 0 saturated carbocycles. The first-order chi connectivity index (χ1) is 7.31. The quantitative estimate of drug-likeness (QED) is 0.807. The fraction of sp³-hybridized carbons (Fsp3) is 0.500. The van der Waals surface area contributed by atoms with Crippen LogP contribution in [0.15, 0.2) is 16.8 Å². The molecule has 2 heterocycles. The number of anilines is 1. The van der Waals surface area contributed by atoms with Gasteiger partial charge >= 0.3 is 6.03 Å². The molecule has 0 bridgehead atoms. The molecule has 1 aromatic rings. The maximum atomic E-state index is 11.8. The first kappa shape index (κ1) is 10.4. The molecule has 0 radical (unpaired) electrons. The van der Waals surface area contributed by atoms with E-state index >= 15 is 0 Å². The highest BCUT2D eigenvalue weighted by molar-refractivity contribution is 7.08. The molecule has 2 rings (SSSR count). The van der Waals surface area contributed by atoms with Crippen LogP contribution >= 0.6 is 11.3 Å². The van der Waals surface area contributed by atoms with Gasteiger partial charge in [-0.1, -0.05) is 0 Å². The second-order valence-electron chi connectivity index (χ2n) is 3.61. The van der Waals surface area contributed by atoms with E-state index in [4.69, 9.17) is 5.11 Å². The Bertz CT molecular complexity index is 326. The van der Waals surface area contributed by atoms with E-state index < -0.39 is 0 Å². The van der Waals surface area contributed by atoms with Crippen LogP contribution < -0.4 is 5.32 Å². The summed E-state index contributed by atoms with van der Waals surface area (Å²) < 4.78 is 0. The third-order valence-corrected chi connectivity index (χ3v) is 3.30. The molecular formula is C10H14N2O2S. The topological polar surface area (TPSA) is 52.6 Å². The van der Waals surface area contributed by atoms with Gasteiger partial charge in [-0.2, -0.15) is 11.3 Å². The van der Waals surface area contributed by atoms with Crippen molar-refractivity contribution in [2.24, 2.45) is 0 Å². The first-order valence-electron chi connectivity index (χ1n) is 5.02. The SMILES string of the molecule is O=C(Nc1ccsc1)N1CCC[C@@H]1CO. The lowest BCUT2D eigenvalue weighted by Crippen LogP contribution is -2.40. The number of urea groups is 1. The van der Waals surface area contributed by atoms with Crippen molar-refractivity contribution in [3.8, 4) is 0 Å². The lowest BCUT2D eigenvalue weighted by atomic mass is 10.2. The third kappa shape index (κ3) is 2.30. The van der Waals surface area contributed by atoms with Gasteiger partial charge in [0, 0.05) is 11.9 Å². The molecule has 82 valence electrons. The van der Waals surface area contributed by atoms with Gasteiger partial charge in [0.25, 0.3) is 0 Å². The minimum Gasteiger partial charge on any atom is -0.394 e. The predicted molar refractivity (Wildman–Crippen MR) is 60.2 cm³/mol. The van der Waals surface area contributed by atoms with Gasteiger partial charge in [0.15, 0.2) is 0 Å². The molecular weight excluding hydrogens is 212 g/mol. The third-order valence-electron chi connectivity index (χ3n) is 2.62. The summed E-state index contributed by atoms with van der Waals surface area (Å²) in [6.07, 6.45) is 1.87. The van der Waals surface area contributed by atoms with Crippen molar-refractivity contribution < 1.29 is 9.90 Å². The normalized spacial score (nSPS) is 20.6. The average Bonchev–Trinajstić information content (AvgIpc) is 2.86. The van der Waals surface area contributed by atoms with Gasteiger partial charge in [-0.15, -0.1) is 0 Å². The van der Waals surface area contributed by atoms with Crippen LogP contribution in [0.25, 0.3) is 0 Å². The van der Waals surface area contributed by atoms with E-state index in [9.17, 15) is 4.79 Å². The molecule has 4 nitrogen and oxygen atoms in total. The van der Waals surface area contributed by atoms with Gasteiger partial charge in [-0.05, 0) is 24.3 Å². The van der Waals surface area contributed by atoms with Crippen LogP contribution in [0.4, 0.5) is 10.5 Å². The highest BCUT2D eigenvalue weighted by Crippen LogP contribution is 2.19. The monoisotopic (exact) mass is 226 g/mol. The summed E-state index contributed by atoms with van der Waals surface area (Å²) in [4.78, 5) is 13.5. The molecule has 1 fully saturated rings. The molecule has 0 spiro atoms. The van der Waals surface area contributed by atoms with Gasteiger partial charge in [-0.25, -0.2) is 4.79 Å². The number of hydrogen-bond acceptors (Lipinski definition) is 3. The van der Waals surface area contributed by atoms with Gasteiger partial charge in [0.1, 0.15) is 0 Å². The molecule has 1 atom stereocenters. The Morgan fingerprint density at radius 3 is 3.27 bits per heavy atom. The Balaban J connectivity index is 1.96. The van der Waals surface area contributed by atoms with E-state index in [1.807, 2.05) is 16.8 Å². The number of hydrogen-bond donors (Lipinski definition) is 2. The van der Waals surface area contributed by atoms with Crippen molar-refractivity contribution in [2.75, 3.05) is 18.5 Å². The smallest absolute Gasteiger partial charge is 0.322 e. The molecule has 0 aromatic carbocycles. The maximum Gasteiger partial charge on any atom is 0.322 e. The molecule has 1 saturated heterocycles. The Kier molecular flexibility index (Phi) is 3.23. The van der Waals surface area contributed by atoms with Crippen molar-refractivity contribution >= 4 is 23.1 Å². The number of aliphatic hydroxyl groups excluding tert-OH is 1. The summed E-state index contributed by atoms with van der Waals surface area (Å²) in [5.41, 5.74) is 0.827. The largest absolute Gasteiger partial charge is 0.394 e. The fourth-order valence-corrected chi connectivity index (χ4v) is 2.41. The number of rotatable bonds is 2. The summed E-state index contributed by atoms with van der Waals surface area (Å²) >= 11 is 1.55. The van der Waals surface area contributed by atoms with Crippen LogP contribution in [0.2, 0.25) is 0 Å². The summed E-state index contributed by atoms with van der Waals surface area (Å²) in [7, 11) is 0. The number of carbonyl (C=O) groups is 1. The number of thiophene rings is 1. The van der Waals surface area contributed by atoms with Gasteiger partial charge in [-0.3, -0.25) is 0 Å². The number of likely N-dealkylation sites (tertiary alicyclic amines) is 1. The van der Waals surface area contributed by atoms with Crippen LogP contribution in [-0.2, 0) is 0 Å². The number of amides is 2. The summed E-state index contributed by atoms with van der Waals surface area (Å²) in [5.74, 6) is 0. The predicted octanol–water partition coefficient (Wildman–Crippen LogP) is 1.74. The van der Waals surface area contributed by atoms with Crippen molar-refractivity contribution in [2.45, 2.75) is 18.9 Å². The minimum absolute atomic E-state index is 0.0105. The van der Waals surface area contributed by atoms with Gasteiger partial charge < -0.3 is 15.3 Å². The second kappa shape index (κ2) is 4.63. The molecule has 0 aliphatic carbocycles. The van der Waals surface area contributed by atoms with Crippen molar-refractivity contribution in [3.63, 3.8) is 0 Å². The van der Waals surface area contributed by atoms with Gasteiger partial charge in [0.2, 0.25) is 0 Å². The number of aliphatic hydroxyl groups is 1. The zero-order valence-corrected chi connectivity index (χ0v) is 9.17. The van der Waals surface area contributed by atoms with E-state index in [2.05, 4.69) is 5.32 Å². The fourth-order valence-electron chi connectivity index (χ4n) is 1.82. The highest BCUT2D eigenvalue weighted by Gasteiger charge is 2.27. The van der Waals surface area contributed by atoms with Crippen LogP contribution in [0.1, 0.15) is 12.8 Å². The summed E-state index contributed by atoms with van der Waals surface area (Å²) in [6.45, 7) is 0.790. The average molecular weight is 226 g/mol. The van der Waals surface area contributed by atoms with Crippen LogP contribution in [0.3, 0.4) is 0 Å². The first-order valence-corrected chi connectivity index (χ1v) is 5.96. The Labute approximate surface area is 92.5 Å². The molecule has 0 unspecified atom stereocenters. The van der Waals surface area contributed by atoms with Gasteiger partial charge in [0.05, 0.1) is 18.3 Å². The molecule has 1 aliphatic heterocycles. The van der Waals surface area contributed by atoms with E-state index in [0.29, 0.717) is 0 Å². The van der Waals surface area contributed by atoms with E-state index in [0.717, 1.165) is 25.1 Å². The zero-order valence-electron chi connectivity index (χ0n) is 8.35. The van der Waals surface area contributed by atoms with Crippen molar-refractivity contribution in [3.05, 3.63) is 16.8 Å². The Morgan fingerprint density at radius 1 is 1.73 bits per heavy atom. The van der Waals surface area contributed by atoms with Crippen LogP contribution in [0, 0.1) is 0 Å². The van der Waals surface area contributed by atoms with E-state index in [1.165, 1.54) is 0 Å². The number of carbonyl (C=O) groups excluding carboxylic acids is 1. The molecule has 1 aliphatic rings. The highest BCUT2D eigenvalue weighted by atomic mass is 32.1. The molecule has 2 N–H and O–H groups in total. The molecule has 2 amide bonds. The minimum atomic E-state index is -0.107. The standard InChI is InChI=1S/C10H14N2O2S/c13-6-9-2-1-4-12(9)10(14)11-8-3-5-15-7-8/h3,5,7,9,13H,1-2,4,6H2,(H,11,14)/t9-/m1/s1. The Hall–Kier alpha value is -1.07. The molecule has 15 heavy (non-hydrogen) atoms. The number of nitrogens with one attached hydrogen (secondary N) is 1. The number of nitrogens with zero attached hydrogens (tertiary/aromatic N) is 1. The molecule has 1 aromatic heterocycles. The van der Waals surface area contributed by atoms with E-state index in [-0.39, 0.29) is 18.7 Å². The Morgan fingerprint density at radius 2 is 2.60 bits per heavy atom. The van der Waals surface area contributed by atoms with E-state index in [1.54, 1.807) is 16.2 Å². The summed E-state index contributed by atoms with van der Waals surface area (Å²) in [5, 5.41) is 15.7. The van der Waals surface area contributed by atoms with Crippen LogP contribution in [-0.4, -0.2) is 35.2 Å². The van der Waals surface area contributed by atoms with Crippen molar-refractivity contribution in [1.29, 1.82) is 0 Å². The lowest BCUT2D eigenvalue weighted by Gasteiger charge is -2.22. The maximum absolute atomic E-state index is 11.8. The zero-order chi connectivity index (χ0) is 10.7. The molecule has 5 heteroatoms. The lowest BCUT2D eigenvalue weighted by molar-refractivity contribution is 0.166. The summed E-state index contributed by atoms with van der Waals surface area (Å²) in [6, 6.07) is 1.75. The second-order valence-corrected chi connectivity index (χ2v) is 4.39.